The van der Waals surface area contributed by atoms with Crippen molar-refractivity contribution in [2.24, 2.45) is 12.1 Å². The molecule has 8 nitrogen and oxygen atoms in total. The molecule has 0 spiro atoms. The van der Waals surface area contributed by atoms with Gasteiger partial charge in [-0.2, -0.15) is 10.1 Å². The fourth-order valence-electron chi connectivity index (χ4n) is 2.76. The molecule has 1 atom stereocenters. The zero-order valence-electron chi connectivity index (χ0n) is 17.5. The molecule has 0 saturated heterocycles. The zero-order chi connectivity index (χ0) is 22.9. The standard InChI is InChI=1S/C19H21N5O3S4/c1-10-6-8-14(9-7-10)24(21-12(3)15-13(4)23(5)19(28)30-15)17(25)16-11(2)20-18(29-16)22-31(26)27/h6-9H,1-5H3,(H,20,22)(H,26,27)/p-1/b21-12+. The number of carbonyl (C=O) groups excluding carboxylic acids is 1. The molecular weight excluding hydrogens is 475 g/mol. The molecule has 12 heteroatoms. The highest BCUT2D eigenvalue weighted by Crippen LogP contribution is 2.28. The summed E-state index contributed by atoms with van der Waals surface area (Å²) in [4.78, 5) is 18.8. The normalized spacial score (nSPS) is 12.6. The van der Waals surface area contributed by atoms with Gasteiger partial charge < -0.3 is 9.12 Å². The van der Waals surface area contributed by atoms with Crippen LogP contribution in [0.25, 0.3) is 0 Å². The number of hydrogen-bond acceptors (Lipinski definition) is 8. The number of nitrogens with one attached hydrogen (secondary N) is 1. The van der Waals surface area contributed by atoms with Gasteiger partial charge in [0.25, 0.3) is 5.91 Å². The van der Waals surface area contributed by atoms with Gasteiger partial charge in [0.15, 0.2) is 9.09 Å². The quantitative estimate of drug-likeness (QED) is 0.236. The highest BCUT2D eigenvalue weighted by Gasteiger charge is 2.24. The molecule has 0 aliphatic carbocycles. The summed E-state index contributed by atoms with van der Waals surface area (Å²) in [6, 6.07) is 7.41. The third-order valence-electron chi connectivity index (χ3n) is 4.51. The van der Waals surface area contributed by atoms with E-state index in [1.165, 1.54) is 16.3 Å². The Bertz CT molecular complexity index is 1240. The van der Waals surface area contributed by atoms with Gasteiger partial charge in [0, 0.05) is 24.0 Å². The summed E-state index contributed by atoms with van der Waals surface area (Å²) < 4.78 is 26.7. The zero-order valence-corrected chi connectivity index (χ0v) is 20.7. The fraction of sp³-hybridized carbons (Fsp3) is 0.263. The largest absolute Gasteiger partial charge is 0.755 e. The molecule has 2 heterocycles. The number of amides is 1. The number of aromatic nitrogens is 2. The van der Waals surface area contributed by atoms with Crippen molar-refractivity contribution >= 4 is 68.6 Å². The van der Waals surface area contributed by atoms with Gasteiger partial charge in [-0.25, -0.2) is 4.98 Å². The van der Waals surface area contributed by atoms with Crippen LogP contribution >= 0.6 is 34.9 Å². The van der Waals surface area contributed by atoms with Crippen LogP contribution in [0.3, 0.4) is 0 Å². The third kappa shape index (κ3) is 5.15. The van der Waals surface area contributed by atoms with E-state index < -0.39 is 17.2 Å². The van der Waals surface area contributed by atoms with Gasteiger partial charge >= 0.3 is 0 Å². The first kappa shape index (κ1) is 23.4. The summed E-state index contributed by atoms with van der Waals surface area (Å²) in [5, 5.41) is 6.07. The van der Waals surface area contributed by atoms with E-state index in [1.807, 2.05) is 56.7 Å². The molecule has 2 aromatic heterocycles. The van der Waals surface area contributed by atoms with Crippen molar-refractivity contribution in [1.82, 2.24) is 9.55 Å². The first-order valence-electron chi connectivity index (χ1n) is 9.05. The Balaban J connectivity index is 2.09. The van der Waals surface area contributed by atoms with E-state index in [0.29, 0.717) is 22.0 Å². The summed E-state index contributed by atoms with van der Waals surface area (Å²) in [6.07, 6.45) is 0. The minimum Gasteiger partial charge on any atom is -0.755 e. The lowest BCUT2D eigenvalue weighted by Crippen LogP contribution is -2.27. The summed E-state index contributed by atoms with van der Waals surface area (Å²) in [7, 11) is 1.89. The number of aryl methyl sites for hydroxylation is 2. The molecule has 0 radical (unpaired) electrons. The molecule has 3 aromatic rings. The summed E-state index contributed by atoms with van der Waals surface area (Å²) in [5.74, 6) is -0.403. The van der Waals surface area contributed by atoms with Gasteiger partial charge in [-0.3, -0.25) is 13.7 Å². The number of nitrogens with zero attached hydrogens (tertiary/aromatic N) is 4. The van der Waals surface area contributed by atoms with Gasteiger partial charge in [0.1, 0.15) is 4.88 Å². The molecule has 1 N–H and O–H groups in total. The molecule has 1 unspecified atom stereocenters. The maximum absolute atomic E-state index is 13.5. The van der Waals surface area contributed by atoms with E-state index in [-0.39, 0.29) is 5.13 Å². The van der Waals surface area contributed by atoms with E-state index >= 15 is 0 Å². The molecule has 1 aromatic carbocycles. The number of hydrazone groups is 1. The van der Waals surface area contributed by atoms with Gasteiger partial charge in [-0.15, -0.1) is 11.3 Å². The van der Waals surface area contributed by atoms with E-state index in [4.69, 9.17) is 12.2 Å². The monoisotopic (exact) mass is 494 g/mol. The second-order valence-electron chi connectivity index (χ2n) is 6.75. The predicted molar refractivity (Wildman–Crippen MR) is 128 cm³/mol. The van der Waals surface area contributed by atoms with E-state index in [2.05, 4.69) is 14.8 Å². The van der Waals surface area contributed by atoms with Crippen molar-refractivity contribution in [3.8, 4) is 0 Å². The number of benzene rings is 1. The van der Waals surface area contributed by atoms with Gasteiger partial charge in [-0.05, 0) is 52.0 Å². The topological polar surface area (TPSA) is 103 Å². The van der Waals surface area contributed by atoms with Crippen molar-refractivity contribution in [1.29, 1.82) is 0 Å². The van der Waals surface area contributed by atoms with E-state index in [1.54, 1.807) is 6.92 Å². The van der Waals surface area contributed by atoms with Crippen molar-refractivity contribution in [2.75, 3.05) is 9.73 Å². The average molecular weight is 495 g/mol. The first-order valence-corrected chi connectivity index (χ1v) is 12.2. The molecule has 0 bridgehead atoms. The van der Waals surface area contributed by atoms with Crippen molar-refractivity contribution in [2.45, 2.75) is 27.7 Å². The van der Waals surface area contributed by atoms with Crippen LogP contribution in [0.5, 0.6) is 0 Å². The van der Waals surface area contributed by atoms with Crippen LogP contribution in [0.1, 0.15) is 38.4 Å². The maximum atomic E-state index is 13.5. The Morgan fingerprint density at radius 2 is 1.87 bits per heavy atom. The highest BCUT2D eigenvalue weighted by atomic mass is 32.2. The van der Waals surface area contributed by atoms with Crippen molar-refractivity contribution in [3.05, 3.63) is 54.9 Å². The van der Waals surface area contributed by atoms with Crippen LogP contribution in [0.4, 0.5) is 10.8 Å². The van der Waals surface area contributed by atoms with E-state index in [9.17, 15) is 13.6 Å². The SMILES string of the molecule is C/C(=N\N(C(=O)c1sc(NS(=O)[O-])nc1C)c1ccc(C)cc1)c1sc(=S)n(C)c1C. The Morgan fingerprint density at radius 3 is 2.42 bits per heavy atom. The number of thiazole rings is 2. The molecule has 0 fully saturated rings. The molecular formula is C19H20N5O3S4-. The molecule has 31 heavy (non-hydrogen) atoms. The number of hydrogen-bond donors (Lipinski definition) is 1. The second kappa shape index (κ2) is 9.49. The molecule has 3 rings (SSSR count). The summed E-state index contributed by atoms with van der Waals surface area (Å²) >= 11 is 5.23. The Morgan fingerprint density at radius 1 is 1.23 bits per heavy atom. The Hall–Kier alpha value is -2.25. The van der Waals surface area contributed by atoms with Crippen LogP contribution in [0.15, 0.2) is 29.4 Å². The number of anilines is 2. The van der Waals surface area contributed by atoms with Crippen LogP contribution < -0.4 is 9.73 Å². The van der Waals surface area contributed by atoms with Crippen LogP contribution in [-0.4, -0.2) is 29.9 Å². The Kier molecular flexibility index (Phi) is 7.17. The maximum Gasteiger partial charge on any atom is 0.290 e. The highest BCUT2D eigenvalue weighted by molar-refractivity contribution is 7.80. The molecule has 0 aliphatic heterocycles. The number of carbonyl (C=O) groups is 1. The smallest absolute Gasteiger partial charge is 0.290 e. The minimum atomic E-state index is -2.53. The molecule has 164 valence electrons. The van der Waals surface area contributed by atoms with E-state index in [0.717, 1.165) is 31.4 Å². The fourth-order valence-corrected chi connectivity index (χ4v) is 5.37. The van der Waals surface area contributed by atoms with Crippen LogP contribution in [0.2, 0.25) is 0 Å². The van der Waals surface area contributed by atoms with Crippen molar-refractivity contribution < 1.29 is 13.6 Å². The first-order chi connectivity index (χ1) is 14.6. The summed E-state index contributed by atoms with van der Waals surface area (Å²) in [5.41, 5.74) is 3.66. The van der Waals surface area contributed by atoms with Crippen molar-refractivity contribution in [3.63, 3.8) is 0 Å². The van der Waals surface area contributed by atoms with Gasteiger partial charge in [0.05, 0.1) is 22.0 Å². The molecule has 0 aliphatic rings. The van der Waals surface area contributed by atoms with Gasteiger partial charge in [-0.1, -0.05) is 29.0 Å². The second-order valence-corrected chi connectivity index (χ2v) is 10.1. The average Bonchev–Trinajstić information content (AvgIpc) is 3.19. The number of rotatable bonds is 6. The van der Waals surface area contributed by atoms with Crippen LogP contribution in [-0.2, 0) is 18.3 Å². The predicted octanol–water partition coefficient (Wildman–Crippen LogP) is 4.47. The lowest BCUT2D eigenvalue weighted by Gasteiger charge is -2.18. The van der Waals surface area contributed by atoms with Crippen LogP contribution in [0, 0.1) is 24.7 Å². The molecule has 1 amide bonds. The minimum absolute atomic E-state index is 0.121. The molecule has 0 saturated carbocycles. The Labute approximate surface area is 195 Å². The lowest BCUT2D eigenvalue weighted by molar-refractivity contribution is 0.0990. The lowest BCUT2D eigenvalue weighted by atomic mass is 10.2. The van der Waals surface area contributed by atoms with Gasteiger partial charge in [0.2, 0.25) is 0 Å². The summed E-state index contributed by atoms with van der Waals surface area (Å²) in [6.45, 7) is 7.39. The third-order valence-corrected chi connectivity index (χ3v) is 7.82.